The smallest absolute Gasteiger partial charge is 0.133 e. The minimum absolute atomic E-state index is 0.397. The molecule has 100 valence electrons. The fourth-order valence-electron chi connectivity index (χ4n) is 2.56. The lowest BCUT2D eigenvalue weighted by Crippen LogP contribution is -2.45. The number of halogens is 1. The third-order valence-corrected chi connectivity index (χ3v) is 3.75. The first-order chi connectivity index (χ1) is 8.68. The number of nitrogens with zero attached hydrogens (tertiary/aromatic N) is 2. The Morgan fingerprint density at radius 3 is 2.72 bits per heavy atom. The van der Waals surface area contributed by atoms with Crippen LogP contribution in [0.25, 0.3) is 0 Å². The molecule has 0 unspecified atom stereocenters. The van der Waals surface area contributed by atoms with E-state index < -0.39 is 0 Å². The van der Waals surface area contributed by atoms with E-state index in [-0.39, 0.29) is 0 Å². The molecule has 1 saturated heterocycles. The lowest BCUT2D eigenvalue weighted by Gasteiger charge is -2.36. The van der Waals surface area contributed by atoms with Crippen molar-refractivity contribution in [1.29, 1.82) is 0 Å². The Bertz CT molecular complexity index is 375. The quantitative estimate of drug-likeness (QED) is 0.851. The van der Waals surface area contributed by atoms with Crippen LogP contribution in [-0.2, 0) is 0 Å². The van der Waals surface area contributed by atoms with Crippen LogP contribution in [0.4, 0.5) is 0 Å². The maximum absolute atomic E-state index is 6.27. The molecule has 1 aliphatic heterocycles. The van der Waals surface area contributed by atoms with Crippen LogP contribution >= 0.6 is 11.6 Å². The van der Waals surface area contributed by atoms with Crippen molar-refractivity contribution in [2.75, 3.05) is 26.2 Å². The molecule has 0 amide bonds. The molecule has 1 N–H and O–H groups in total. The van der Waals surface area contributed by atoms with Crippen molar-refractivity contribution in [1.82, 2.24) is 15.2 Å². The van der Waals surface area contributed by atoms with E-state index in [0.717, 1.165) is 32.6 Å². The molecular formula is C14H22ClN3. The third-order valence-electron chi connectivity index (χ3n) is 3.43. The molecule has 1 aromatic rings. The fourth-order valence-corrected chi connectivity index (χ4v) is 2.81. The number of nitrogens with one attached hydrogen (secondary N) is 1. The molecule has 0 bridgehead atoms. The van der Waals surface area contributed by atoms with E-state index in [2.05, 4.69) is 35.1 Å². The summed E-state index contributed by atoms with van der Waals surface area (Å²) in [5, 5.41) is 4.05. The molecule has 1 aromatic heterocycles. The zero-order valence-electron chi connectivity index (χ0n) is 11.2. The van der Waals surface area contributed by atoms with Crippen LogP contribution in [0.1, 0.15) is 31.9 Å². The lowest BCUT2D eigenvalue weighted by atomic mass is 9.96. The van der Waals surface area contributed by atoms with Crippen LogP contribution in [0, 0.1) is 5.92 Å². The second-order valence-corrected chi connectivity index (χ2v) is 5.67. The van der Waals surface area contributed by atoms with E-state index in [1.165, 1.54) is 5.56 Å². The molecule has 4 heteroatoms. The summed E-state index contributed by atoms with van der Waals surface area (Å²) in [6, 6.07) is 4.49. The van der Waals surface area contributed by atoms with Crippen molar-refractivity contribution in [2.45, 2.75) is 26.3 Å². The molecule has 18 heavy (non-hydrogen) atoms. The number of rotatable bonds is 4. The van der Waals surface area contributed by atoms with Crippen LogP contribution in [0.5, 0.6) is 0 Å². The van der Waals surface area contributed by atoms with E-state index in [1.54, 1.807) is 6.20 Å². The van der Waals surface area contributed by atoms with Crippen LogP contribution in [0.15, 0.2) is 18.3 Å². The molecule has 2 rings (SSSR count). The first-order valence-electron chi connectivity index (χ1n) is 6.73. The van der Waals surface area contributed by atoms with Gasteiger partial charge in [0.25, 0.3) is 0 Å². The summed E-state index contributed by atoms with van der Waals surface area (Å²) in [5.74, 6) is 0.654. The Balaban J connectivity index is 2.21. The van der Waals surface area contributed by atoms with Gasteiger partial charge in [0.05, 0.1) is 0 Å². The van der Waals surface area contributed by atoms with Crippen molar-refractivity contribution in [3.05, 3.63) is 29.0 Å². The van der Waals surface area contributed by atoms with Gasteiger partial charge in [0, 0.05) is 44.0 Å². The zero-order valence-corrected chi connectivity index (χ0v) is 12.0. The highest BCUT2D eigenvalue weighted by molar-refractivity contribution is 6.30. The van der Waals surface area contributed by atoms with Crippen molar-refractivity contribution < 1.29 is 0 Å². The van der Waals surface area contributed by atoms with Crippen molar-refractivity contribution in [3.8, 4) is 0 Å². The molecule has 1 aliphatic rings. The van der Waals surface area contributed by atoms with E-state index in [1.807, 2.05) is 6.07 Å². The van der Waals surface area contributed by atoms with Crippen molar-refractivity contribution in [2.24, 2.45) is 5.92 Å². The summed E-state index contributed by atoms with van der Waals surface area (Å²) in [5.41, 5.74) is 1.18. The first kappa shape index (κ1) is 13.8. The average molecular weight is 268 g/mol. The molecule has 0 spiro atoms. The Labute approximate surface area is 115 Å². The van der Waals surface area contributed by atoms with E-state index in [9.17, 15) is 0 Å². The molecule has 0 radical (unpaired) electrons. The van der Waals surface area contributed by atoms with E-state index in [4.69, 9.17) is 11.6 Å². The SMILES string of the molecule is CC(C)C[C@H](c1cccnc1Cl)N1CCNCC1. The molecule has 2 heterocycles. The van der Waals surface area contributed by atoms with Crippen molar-refractivity contribution >= 4 is 11.6 Å². The van der Waals surface area contributed by atoms with Crippen LogP contribution in [0.2, 0.25) is 5.15 Å². The van der Waals surface area contributed by atoms with Crippen molar-refractivity contribution in [3.63, 3.8) is 0 Å². The Morgan fingerprint density at radius 2 is 2.11 bits per heavy atom. The predicted molar refractivity (Wildman–Crippen MR) is 75.9 cm³/mol. The summed E-state index contributed by atoms with van der Waals surface area (Å²) >= 11 is 6.27. The van der Waals surface area contributed by atoms with Gasteiger partial charge in [0.2, 0.25) is 0 Å². The van der Waals surface area contributed by atoms with Crippen LogP contribution in [0.3, 0.4) is 0 Å². The third kappa shape index (κ3) is 3.44. The molecule has 1 fully saturated rings. The van der Waals surface area contributed by atoms with Gasteiger partial charge in [-0.3, -0.25) is 4.90 Å². The normalized spacial score (nSPS) is 19.1. The molecule has 1 atom stereocenters. The zero-order chi connectivity index (χ0) is 13.0. The second-order valence-electron chi connectivity index (χ2n) is 5.31. The molecule has 0 aromatic carbocycles. The van der Waals surface area contributed by atoms with Gasteiger partial charge in [-0.15, -0.1) is 0 Å². The minimum Gasteiger partial charge on any atom is -0.314 e. The topological polar surface area (TPSA) is 28.2 Å². The summed E-state index contributed by atoms with van der Waals surface area (Å²) < 4.78 is 0. The number of hydrogen-bond donors (Lipinski definition) is 1. The fraction of sp³-hybridized carbons (Fsp3) is 0.643. The van der Waals surface area contributed by atoms with E-state index in [0.29, 0.717) is 17.1 Å². The molecule has 0 saturated carbocycles. The summed E-state index contributed by atoms with van der Waals surface area (Å²) in [6.45, 7) is 8.82. The van der Waals surface area contributed by atoms with Crippen LogP contribution < -0.4 is 5.32 Å². The predicted octanol–water partition coefficient (Wildman–Crippen LogP) is 2.73. The summed E-state index contributed by atoms with van der Waals surface area (Å²) in [4.78, 5) is 6.75. The number of piperazine rings is 1. The first-order valence-corrected chi connectivity index (χ1v) is 7.11. The molecule has 3 nitrogen and oxygen atoms in total. The standard InChI is InChI=1S/C14H22ClN3/c1-11(2)10-13(18-8-6-16-7-9-18)12-4-3-5-17-14(12)15/h3-5,11,13,16H,6-10H2,1-2H3/t13-/m1/s1. The van der Waals surface area contributed by atoms with E-state index >= 15 is 0 Å². The van der Waals surface area contributed by atoms with Crippen LogP contribution in [-0.4, -0.2) is 36.1 Å². The lowest BCUT2D eigenvalue weighted by molar-refractivity contribution is 0.154. The van der Waals surface area contributed by atoms with Gasteiger partial charge >= 0.3 is 0 Å². The number of pyridine rings is 1. The summed E-state index contributed by atoms with van der Waals surface area (Å²) in [7, 11) is 0. The average Bonchev–Trinajstić information content (AvgIpc) is 2.38. The van der Waals surface area contributed by atoms with Gasteiger partial charge in [-0.2, -0.15) is 0 Å². The van der Waals surface area contributed by atoms with Gasteiger partial charge in [-0.1, -0.05) is 31.5 Å². The van der Waals surface area contributed by atoms with Gasteiger partial charge in [0.15, 0.2) is 0 Å². The van der Waals surface area contributed by atoms with Gasteiger partial charge in [-0.25, -0.2) is 4.98 Å². The largest absolute Gasteiger partial charge is 0.314 e. The molecule has 0 aliphatic carbocycles. The Morgan fingerprint density at radius 1 is 1.39 bits per heavy atom. The summed E-state index contributed by atoms with van der Waals surface area (Å²) in [6.07, 6.45) is 2.89. The van der Waals surface area contributed by atoms with Gasteiger partial charge in [-0.05, 0) is 18.4 Å². The second kappa shape index (κ2) is 6.50. The van der Waals surface area contributed by atoms with Gasteiger partial charge in [0.1, 0.15) is 5.15 Å². The monoisotopic (exact) mass is 267 g/mol. The minimum atomic E-state index is 0.397. The Hall–Kier alpha value is -0.640. The Kier molecular flexibility index (Phi) is 4.98. The number of aromatic nitrogens is 1. The highest BCUT2D eigenvalue weighted by atomic mass is 35.5. The maximum atomic E-state index is 6.27. The highest BCUT2D eigenvalue weighted by Gasteiger charge is 2.24. The highest BCUT2D eigenvalue weighted by Crippen LogP contribution is 2.31. The number of hydrogen-bond acceptors (Lipinski definition) is 3. The maximum Gasteiger partial charge on any atom is 0.133 e. The molecular weight excluding hydrogens is 246 g/mol. The van der Waals surface area contributed by atoms with Gasteiger partial charge < -0.3 is 5.32 Å².